The van der Waals surface area contributed by atoms with E-state index in [0.29, 0.717) is 18.6 Å². The third kappa shape index (κ3) is 4.62. The van der Waals surface area contributed by atoms with Crippen molar-refractivity contribution in [3.8, 4) is 5.75 Å². The number of aromatic amines is 1. The SMILES string of the molecule is COc1ccc(F)cc1C(C)(C)CC(O)(Cc1cc2ccncc2[nH]1)C1CCCCC1. The van der Waals surface area contributed by atoms with Crippen LogP contribution in [0.25, 0.3) is 10.9 Å². The highest BCUT2D eigenvalue weighted by atomic mass is 19.1. The molecule has 0 bridgehead atoms. The van der Waals surface area contributed by atoms with Gasteiger partial charge in [0, 0.05) is 29.3 Å². The van der Waals surface area contributed by atoms with E-state index in [-0.39, 0.29) is 11.7 Å². The molecule has 0 saturated heterocycles. The molecule has 166 valence electrons. The zero-order valence-corrected chi connectivity index (χ0v) is 18.7. The van der Waals surface area contributed by atoms with Gasteiger partial charge in [-0.05, 0) is 60.9 Å². The van der Waals surface area contributed by atoms with E-state index in [1.54, 1.807) is 25.4 Å². The highest BCUT2D eigenvalue weighted by Crippen LogP contribution is 2.45. The molecule has 1 aliphatic carbocycles. The Labute approximate surface area is 183 Å². The molecular weight excluding hydrogens is 391 g/mol. The molecule has 1 aromatic carbocycles. The van der Waals surface area contributed by atoms with Crippen LogP contribution in [0.4, 0.5) is 4.39 Å². The van der Waals surface area contributed by atoms with Gasteiger partial charge in [0.25, 0.3) is 0 Å². The topological polar surface area (TPSA) is 58.1 Å². The summed E-state index contributed by atoms with van der Waals surface area (Å²) < 4.78 is 19.7. The minimum Gasteiger partial charge on any atom is -0.496 e. The summed E-state index contributed by atoms with van der Waals surface area (Å²) in [6, 6.07) is 8.74. The Morgan fingerprint density at radius 3 is 2.65 bits per heavy atom. The number of nitrogens with zero attached hydrogens (tertiary/aromatic N) is 1. The molecule has 0 aliphatic heterocycles. The van der Waals surface area contributed by atoms with Crippen LogP contribution in [-0.4, -0.2) is 27.8 Å². The first kappa shape index (κ1) is 21.8. The van der Waals surface area contributed by atoms with Crippen molar-refractivity contribution in [2.75, 3.05) is 7.11 Å². The van der Waals surface area contributed by atoms with Gasteiger partial charge >= 0.3 is 0 Å². The van der Waals surface area contributed by atoms with E-state index < -0.39 is 11.0 Å². The maximum absolute atomic E-state index is 14.1. The zero-order chi connectivity index (χ0) is 22.1. The third-order valence-electron chi connectivity index (χ3n) is 6.98. The smallest absolute Gasteiger partial charge is 0.123 e. The predicted molar refractivity (Wildman–Crippen MR) is 122 cm³/mol. The molecule has 0 spiro atoms. The lowest BCUT2D eigenvalue weighted by Crippen LogP contribution is -2.46. The van der Waals surface area contributed by atoms with Crippen LogP contribution in [0, 0.1) is 11.7 Å². The van der Waals surface area contributed by atoms with E-state index in [1.807, 2.05) is 12.3 Å². The highest BCUT2D eigenvalue weighted by Gasteiger charge is 2.43. The fraction of sp³-hybridized carbons (Fsp3) is 0.500. The molecule has 1 atom stereocenters. The first-order chi connectivity index (χ1) is 14.8. The van der Waals surface area contributed by atoms with E-state index >= 15 is 0 Å². The van der Waals surface area contributed by atoms with Crippen LogP contribution >= 0.6 is 0 Å². The Balaban J connectivity index is 1.69. The van der Waals surface area contributed by atoms with Gasteiger partial charge in [-0.3, -0.25) is 4.98 Å². The average Bonchev–Trinajstić information content (AvgIpc) is 3.16. The monoisotopic (exact) mass is 424 g/mol. The first-order valence-electron chi connectivity index (χ1n) is 11.3. The second-order valence-corrected chi connectivity index (χ2v) is 9.78. The number of benzene rings is 1. The lowest BCUT2D eigenvalue weighted by Gasteiger charge is -2.43. The highest BCUT2D eigenvalue weighted by molar-refractivity contribution is 5.79. The van der Waals surface area contributed by atoms with Gasteiger partial charge in [0.05, 0.1) is 24.4 Å². The van der Waals surface area contributed by atoms with Crippen LogP contribution in [0.2, 0.25) is 0 Å². The number of hydrogen-bond acceptors (Lipinski definition) is 3. The Morgan fingerprint density at radius 1 is 1.16 bits per heavy atom. The van der Waals surface area contributed by atoms with Crippen LogP contribution in [0.5, 0.6) is 5.75 Å². The molecule has 1 unspecified atom stereocenters. The van der Waals surface area contributed by atoms with E-state index in [1.165, 1.54) is 12.5 Å². The maximum atomic E-state index is 14.1. The fourth-order valence-electron chi connectivity index (χ4n) is 5.52. The number of hydrogen-bond donors (Lipinski definition) is 2. The quantitative estimate of drug-likeness (QED) is 0.494. The standard InChI is InChI=1S/C26H33FN2O2/c1-25(2,22-14-20(27)9-10-24(22)31-3)17-26(30,19-7-5-4-6-8-19)15-21-13-18-11-12-28-16-23(18)29-21/h9-14,16,19,29-30H,4-8,15,17H2,1-3H3. The summed E-state index contributed by atoms with van der Waals surface area (Å²) in [4.78, 5) is 7.64. The molecule has 2 N–H and O–H groups in total. The average molecular weight is 425 g/mol. The molecule has 3 aromatic rings. The normalized spacial score (nSPS) is 17.6. The largest absolute Gasteiger partial charge is 0.496 e. The van der Waals surface area contributed by atoms with Crippen LogP contribution in [0.15, 0.2) is 42.7 Å². The number of fused-ring (bicyclic) bond motifs is 1. The summed E-state index contributed by atoms with van der Waals surface area (Å²) >= 11 is 0. The summed E-state index contributed by atoms with van der Waals surface area (Å²) in [7, 11) is 1.61. The van der Waals surface area contributed by atoms with Crippen molar-refractivity contribution < 1.29 is 14.2 Å². The molecule has 0 radical (unpaired) electrons. The lowest BCUT2D eigenvalue weighted by molar-refractivity contribution is -0.0541. The van der Waals surface area contributed by atoms with Crippen molar-refractivity contribution >= 4 is 10.9 Å². The van der Waals surface area contributed by atoms with Gasteiger partial charge in [-0.2, -0.15) is 0 Å². The zero-order valence-electron chi connectivity index (χ0n) is 18.7. The number of halogens is 1. The maximum Gasteiger partial charge on any atom is 0.123 e. The number of aliphatic hydroxyl groups is 1. The minimum atomic E-state index is -0.907. The van der Waals surface area contributed by atoms with E-state index in [2.05, 4.69) is 29.9 Å². The van der Waals surface area contributed by atoms with Crippen LogP contribution in [0.3, 0.4) is 0 Å². The lowest BCUT2D eigenvalue weighted by atomic mass is 9.66. The van der Waals surface area contributed by atoms with Gasteiger partial charge in [-0.25, -0.2) is 4.39 Å². The number of methoxy groups -OCH3 is 1. The Morgan fingerprint density at radius 2 is 1.94 bits per heavy atom. The minimum absolute atomic E-state index is 0.213. The molecule has 0 amide bonds. The molecule has 4 rings (SSSR count). The van der Waals surface area contributed by atoms with Crippen LogP contribution in [-0.2, 0) is 11.8 Å². The third-order valence-corrected chi connectivity index (χ3v) is 6.98. The van der Waals surface area contributed by atoms with Gasteiger partial charge < -0.3 is 14.8 Å². The summed E-state index contributed by atoms with van der Waals surface area (Å²) in [5.74, 6) is 0.590. The number of ether oxygens (including phenoxy) is 1. The molecule has 1 aliphatic rings. The first-order valence-corrected chi connectivity index (χ1v) is 11.3. The van der Waals surface area contributed by atoms with Crippen LogP contribution in [0.1, 0.15) is 63.6 Å². The van der Waals surface area contributed by atoms with Gasteiger partial charge in [0.1, 0.15) is 11.6 Å². The van der Waals surface area contributed by atoms with Crippen molar-refractivity contribution in [1.29, 1.82) is 0 Å². The summed E-state index contributed by atoms with van der Waals surface area (Å²) in [6.45, 7) is 4.15. The van der Waals surface area contributed by atoms with E-state index in [0.717, 1.165) is 47.8 Å². The van der Waals surface area contributed by atoms with Crippen molar-refractivity contribution in [3.05, 3.63) is 59.8 Å². The Kier molecular flexibility index (Phi) is 6.07. The number of pyridine rings is 1. The second-order valence-electron chi connectivity index (χ2n) is 9.78. The van der Waals surface area contributed by atoms with Crippen LogP contribution < -0.4 is 4.74 Å². The molecule has 5 heteroatoms. The van der Waals surface area contributed by atoms with Gasteiger partial charge in [0.2, 0.25) is 0 Å². The molecule has 1 fully saturated rings. The van der Waals surface area contributed by atoms with E-state index in [4.69, 9.17) is 4.74 Å². The Hall–Kier alpha value is -2.40. The van der Waals surface area contributed by atoms with Gasteiger partial charge in [0.15, 0.2) is 0 Å². The fourth-order valence-corrected chi connectivity index (χ4v) is 5.52. The number of aromatic nitrogens is 2. The van der Waals surface area contributed by atoms with Crippen molar-refractivity contribution in [2.45, 2.75) is 69.8 Å². The molecule has 4 nitrogen and oxygen atoms in total. The summed E-state index contributed by atoms with van der Waals surface area (Å²) in [5.41, 5.74) is 1.42. The number of rotatable bonds is 7. The van der Waals surface area contributed by atoms with Crippen molar-refractivity contribution in [2.24, 2.45) is 5.92 Å². The molecule has 2 heterocycles. The molecule has 31 heavy (non-hydrogen) atoms. The van der Waals surface area contributed by atoms with Gasteiger partial charge in [-0.15, -0.1) is 0 Å². The molecule has 1 saturated carbocycles. The van der Waals surface area contributed by atoms with Crippen molar-refractivity contribution in [1.82, 2.24) is 9.97 Å². The summed E-state index contributed by atoms with van der Waals surface area (Å²) in [6.07, 6.45) is 10.2. The van der Waals surface area contributed by atoms with Gasteiger partial charge in [-0.1, -0.05) is 33.1 Å². The van der Waals surface area contributed by atoms with Crippen molar-refractivity contribution in [3.63, 3.8) is 0 Å². The number of nitrogens with one attached hydrogen (secondary N) is 1. The number of H-pyrrole nitrogens is 1. The molecular formula is C26H33FN2O2. The summed E-state index contributed by atoms with van der Waals surface area (Å²) in [5, 5.41) is 13.3. The second kappa shape index (κ2) is 8.62. The Bertz CT molecular complexity index is 1010. The molecule has 2 aromatic heterocycles. The van der Waals surface area contributed by atoms with E-state index in [9.17, 15) is 9.50 Å². The predicted octanol–water partition coefficient (Wildman–Crippen LogP) is 5.93.